The Labute approximate surface area is 149 Å². The van der Waals surface area contributed by atoms with Gasteiger partial charge in [0.2, 0.25) is 0 Å². The molecule has 0 saturated carbocycles. The third-order valence-electron chi connectivity index (χ3n) is 4.26. The van der Waals surface area contributed by atoms with Crippen molar-refractivity contribution in [3.8, 4) is 0 Å². The average molecular weight is 348 g/mol. The van der Waals surface area contributed by atoms with Crippen LogP contribution in [0.15, 0.2) is 24.3 Å². The van der Waals surface area contributed by atoms with Crippen molar-refractivity contribution in [3.05, 3.63) is 29.8 Å². The fourth-order valence-corrected chi connectivity index (χ4v) is 2.75. The summed E-state index contributed by atoms with van der Waals surface area (Å²) in [7, 11) is 3.99. The van der Waals surface area contributed by atoms with Crippen LogP contribution in [-0.4, -0.2) is 56.9 Å². The summed E-state index contributed by atoms with van der Waals surface area (Å²) in [6.07, 6.45) is 1.21. The van der Waals surface area contributed by atoms with Crippen molar-refractivity contribution in [2.75, 3.05) is 38.7 Å². The number of carbonyl (C=O) groups is 2. The fourth-order valence-electron chi connectivity index (χ4n) is 2.75. The Morgan fingerprint density at radius 3 is 2.40 bits per heavy atom. The maximum absolute atomic E-state index is 12.0. The topological polar surface area (TPSA) is 73.9 Å². The van der Waals surface area contributed by atoms with Gasteiger partial charge in [0.25, 0.3) is 0 Å². The Morgan fingerprint density at radius 2 is 1.84 bits per heavy atom. The highest BCUT2D eigenvalue weighted by molar-refractivity contribution is 5.74. The van der Waals surface area contributed by atoms with Gasteiger partial charge < -0.3 is 25.2 Å². The maximum Gasteiger partial charge on any atom is 0.409 e. The third-order valence-corrected chi connectivity index (χ3v) is 4.26. The summed E-state index contributed by atoms with van der Waals surface area (Å²) >= 11 is 0. The standard InChI is InChI=1S/C18H28N4O3/c1-4-25-18(24)22-11-9-15(10-12-22)20-17(23)19-13-14-5-7-16(8-6-14)21(2)3/h5-8,15H,4,9-13H2,1-3H3,(H2,19,20,23). The second-order valence-corrected chi connectivity index (χ2v) is 6.35. The number of hydrogen-bond donors (Lipinski definition) is 2. The lowest BCUT2D eigenvalue weighted by Gasteiger charge is -2.31. The first-order valence-corrected chi connectivity index (χ1v) is 8.72. The van der Waals surface area contributed by atoms with E-state index in [0.29, 0.717) is 26.2 Å². The number of likely N-dealkylation sites (tertiary alicyclic amines) is 1. The molecule has 138 valence electrons. The molecule has 1 heterocycles. The number of benzene rings is 1. The first-order valence-electron chi connectivity index (χ1n) is 8.72. The van der Waals surface area contributed by atoms with Crippen molar-refractivity contribution >= 4 is 17.8 Å². The van der Waals surface area contributed by atoms with Gasteiger partial charge in [0.15, 0.2) is 0 Å². The Balaban J connectivity index is 1.70. The smallest absolute Gasteiger partial charge is 0.409 e. The van der Waals surface area contributed by atoms with Crippen molar-refractivity contribution in [1.29, 1.82) is 0 Å². The van der Waals surface area contributed by atoms with Gasteiger partial charge in [-0.2, -0.15) is 0 Å². The van der Waals surface area contributed by atoms with E-state index in [1.54, 1.807) is 11.8 Å². The molecule has 0 aliphatic carbocycles. The van der Waals surface area contributed by atoms with E-state index in [4.69, 9.17) is 4.74 Å². The molecule has 1 saturated heterocycles. The number of nitrogens with zero attached hydrogens (tertiary/aromatic N) is 2. The zero-order valence-electron chi connectivity index (χ0n) is 15.2. The number of carbonyl (C=O) groups excluding carboxylic acids is 2. The van der Waals surface area contributed by atoms with Crippen molar-refractivity contribution in [2.45, 2.75) is 32.4 Å². The fraction of sp³-hybridized carbons (Fsp3) is 0.556. The number of piperidine rings is 1. The van der Waals surface area contributed by atoms with E-state index in [9.17, 15) is 9.59 Å². The minimum atomic E-state index is -0.272. The minimum Gasteiger partial charge on any atom is -0.450 e. The number of urea groups is 1. The molecule has 2 rings (SSSR count). The van der Waals surface area contributed by atoms with Crippen molar-refractivity contribution in [3.63, 3.8) is 0 Å². The summed E-state index contributed by atoms with van der Waals surface area (Å²) in [4.78, 5) is 27.4. The summed E-state index contributed by atoms with van der Waals surface area (Å²) in [5.41, 5.74) is 2.18. The van der Waals surface area contributed by atoms with Gasteiger partial charge in [-0.1, -0.05) is 12.1 Å². The third kappa shape index (κ3) is 5.85. The molecule has 7 heteroatoms. The number of amides is 3. The van der Waals surface area contributed by atoms with Crippen molar-refractivity contribution in [1.82, 2.24) is 15.5 Å². The molecule has 1 aliphatic heterocycles. The van der Waals surface area contributed by atoms with Crippen LogP contribution in [0.4, 0.5) is 15.3 Å². The summed E-state index contributed by atoms with van der Waals surface area (Å²) < 4.78 is 4.99. The lowest BCUT2D eigenvalue weighted by Crippen LogP contribution is -2.49. The van der Waals surface area contributed by atoms with Crippen LogP contribution in [0.1, 0.15) is 25.3 Å². The predicted octanol–water partition coefficient (Wildman–Crippen LogP) is 2.17. The first kappa shape index (κ1) is 18.9. The molecule has 0 unspecified atom stereocenters. The highest BCUT2D eigenvalue weighted by atomic mass is 16.6. The van der Waals surface area contributed by atoms with E-state index in [1.807, 2.05) is 43.3 Å². The van der Waals surface area contributed by atoms with Crippen LogP contribution in [0.5, 0.6) is 0 Å². The lowest BCUT2D eigenvalue weighted by molar-refractivity contribution is 0.0957. The number of ether oxygens (including phenoxy) is 1. The monoisotopic (exact) mass is 348 g/mol. The van der Waals surface area contributed by atoms with Crippen molar-refractivity contribution < 1.29 is 14.3 Å². The molecule has 0 aromatic heterocycles. The number of hydrogen-bond acceptors (Lipinski definition) is 4. The molecule has 3 amide bonds. The van der Waals surface area contributed by atoms with E-state index >= 15 is 0 Å². The molecular formula is C18H28N4O3. The van der Waals surface area contributed by atoms with Gasteiger partial charge in [0.1, 0.15) is 0 Å². The van der Waals surface area contributed by atoms with E-state index in [-0.39, 0.29) is 18.2 Å². The molecule has 7 nitrogen and oxygen atoms in total. The molecule has 0 bridgehead atoms. The van der Waals surface area contributed by atoms with Crippen LogP contribution < -0.4 is 15.5 Å². The summed E-state index contributed by atoms with van der Waals surface area (Å²) in [5.74, 6) is 0. The van der Waals surface area contributed by atoms with Crippen LogP contribution in [0.25, 0.3) is 0 Å². The largest absolute Gasteiger partial charge is 0.450 e. The van der Waals surface area contributed by atoms with Crippen LogP contribution in [0, 0.1) is 0 Å². The highest BCUT2D eigenvalue weighted by Crippen LogP contribution is 2.13. The molecule has 1 aromatic rings. The molecule has 1 aliphatic rings. The van der Waals surface area contributed by atoms with Gasteiger partial charge in [-0.3, -0.25) is 0 Å². The van der Waals surface area contributed by atoms with Gasteiger partial charge >= 0.3 is 12.1 Å². The normalized spacial score (nSPS) is 14.8. The Kier molecular flexibility index (Phi) is 6.91. The summed E-state index contributed by atoms with van der Waals surface area (Å²) in [6, 6.07) is 7.98. The predicted molar refractivity (Wildman–Crippen MR) is 97.8 cm³/mol. The van der Waals surface area contributed by atoms with Gasteiger partial charge in [0.05, 0.1) is 6.61 Å². The molecule has 25 heavy (non-hydrogen) atoms. The van der Waals surface area contributed by atoms with Crippen LogP contribution in [-0.2, 0) is 11.3 Å². The van der Waals surface area contributed by atoms with E-state index in [2.05, 4.69) is 10.6 Å². The van der Waals surface area contributed by atoms with Gasteiger partial charge in [-0.05, 0) is 37.5 Å². The van der Waals surface area contributed by atoms with Gasteiger partial charge in [-0.15, -0.1) is 0 Å². The zero-order valence-corrected chi connectivity index (χ0v) is 15.2. The zero-order chi connectivity index (χ0) is 18.2. The Hall–Kier alpha value is -2.44. The van der Waals surface area contributed by atoms with E-state index in [0.717, 1.165) is 24.1 Å². The maximum atomic E-state index is 12.0. The average Bonchev–Trinajstić information content (AvgIpc) is 2.61. The molecular weight excluding hydrogens is 320 g/mol. The van der Waals surface area contributed by atoms with Crippen LogP contribution >= 0.6 is 0 Å². The number of anilines is 1. The SMILES string of the molecule is CCOC(=O)N1CCC(NC(=O)NCc2ccc(N(C)C)cc2)CC1. The Morgan fingerprint density at radius 1 is 1.20 bits per heavy atom. The van der Waals surface area contributed by atoms with Crippen LogP contribution in [0.2, 0.25) is 0 Å². The first-order chi connectivity index (χ1) is 12.0. The molecule has 2 N–H and O–H groups in total. The second kappa shape index (κ2) is 9.15. The summed E-state index contributed by atoms with van der Waals surface area (Å²) in [5, 5.41) is 5.85. The van der Waals surface area contributed by atoms with Crippen molar-refractivity contribution in [2.24, 2.45) is 0 Å². The molecule has 0 atom stereocenters. The van der Waals surface area contributed by atoms with Gasteiger partial charge in [-0.25, -0.2) is 9.59 Å². The molecule has 0 radical (unpaired) electrons. The number of nitrogens with one attached hydrogen (secondary N) is 2. The van der Waals surface area contributed by atoms with E-state index < -0.39 is 0 Å². The lowest BCUT2D eigenvalue weighted by atomic mass is 10.1. The molecule has 0 spiro atoms. The highest BCUT2D eigenvalue weighted by Gasteiger charge is 2.24. The second-order valence-electron chi connectivity index (χ2n) is 6.35. The quantitative estimate of drug-likeness (QED) is 0.855. The minimum absolute atomic E-state index is 0.0850. The molecule has 1 aromatic carbocycles. The van der Waals surface area contributed by atoms with E-state index in [1.165, 1.54) is 0 Å². The molecule has 1 fully saturated rings. The van der Waals surface area contributed by atoms with Gasteiger partial charge in [0, 0.05) is 45.5 Å². The number of rotatable bonds is 5. The van der Waals surface area contributed by atoms with Crippen LogP contribution in [0.3, 0.4) is 0 Å². The summed E-state index contributed by atoms with van der Waals surface area (Å²) in [6.45, 7) is 3.88. The Bertz CT molecular complexity index is 566.